The topological polar surface area (TPSA) is 87.7 Å². The molecule has 3 N–H and O–H groups in total. The Morgan fingerprint density at radius 3 is 2.86 bits per heavy atom. The molecule has 2 aromatic rings. The third kappa shape index (κ3) is 2.71. The summed E-state index contributed by atoms with van der Waals surface area (Å²) in [5, 5.41) is 15.1. The molecule has 112 valence electrons. The Morgan fingerprint density at radius 2 is 2.09 bits per heavy atom. The average molecular weight is 298 g/mol. The van der Waals surface area contributed by atoms with Crippen LogP contribution in [0.4, 0.5) is 11.4 Å². The first-order valence-electron chi connectivity index (χ1n) is 6.70. The van der Waals surface area contributed by atoms with Crippen molar-refractivity contribution in [2.24, 2.45) is 0 Å². The van der Waals surface area contributed by atoms with Crippen molar-refractivity contribution in [3.8, 4) is 11.5 Å². The van der Waals surface area contributed by atoms with Gasteiger partial charge in [-0.15, -0.1) is 0 Å². The van der Waals surface area contributed by atoms with E-state index in [0.717, 1.165) is 5.56 Å². The summed E-state index contributed by atoms with van der Waals surface area (Å²) in [5.41, 5.74) is 2.03. The number of anilines is 2. The highest BCUT2D eigenvalue weighted by Gasteiger charge is 2.18. The van der Waals surface area contributed by atoms with Crippen LogP contribution in [0.3, 0.4) is 0 Å². The quantitative estimate of drug-likeness (QED) is 0.742. The molecule has 0 aromatic heterocycles. The Kier molecular flexibility index (Phi) is 3.42. The Balaban J connectivity index is 1.83. The van der Waals surface area contributed by atoms with E-state index in [9.17, 15) is 14.7 Å². The zero-order valence-corrected chi connectivity index (χ0v) is 11.8. The lowest BCUT2D eigenvalue weighted by Gasteiger charge is -2.18. The molecule has 3 rings (SSSR count). The minimum atomic E-state index is -0.387. The Labute approximate surface area is 126 Å². The van der Waals surface area contributed by atoms with Crippen LogP contribution >= 0.6 is 0 Å². The van der Waals surface area contributed by atoms with Crippen LogP contribution in [0.1, 0.15) is 15.9 Å². The molecule has 6 nitrogen and oxygen atoms in total. The van der Waals surface area contributed by atoms with E-state index in [-0.39, 0.29) is 24.2 Å². The molecule has 0 spiro atoms. The highest BCUT2D eigenvalue weighted by Crippen LogP contribution is 2.29. The number of phenols is 1. The van der Waals surface area contributed by atoms with Gasteiger partial charge in [-0.3, -0.25) is 9.59 Å². The number of ether oxygens (including phenoxy) is 1. The molecule has 22 heavy (non-hydrogen) atoms. The summed E-state index contributed by atoms with van der Waals surface area (Å²) >= 11 is 0. The fourth-order valence-corrected chi connectivity index (χ4v) is 2.17. The van der Waals surface area contributed by atoms with E-state index < -0.39 is 0 Å². The summed E-state index contributed by atoms with van der Waals surface area (Å²) in [5.74, 6) is -0.125. The molecule has 0 bridgehead atoms. The SMILES string of the molecule is Cc1ccc(NC(=O)c2ccc3c(c2)NC(=O)CO3)c(O)c1. The first-order valence-corrected chi connectivity index (χ1v) is 6.70. The van der Waals surface area contributed by atoms with Crippen LogP contribution in [0.5, 0.6) is 11.5 Å². The van der Waals surface area contributed by atoms with Crippen molar-refractivity contribution in [3.63, 3.8) is 0 Å². The molecule has 0 atom stereocenters. The standard InChI is InChI=1S/C16H14N2O4/c1-9-2-4-11(13(19)6-9)18-16(21)10-3-5-14-12(7-10)17-15(20)8-22-14/h2-7,19H,8H2,1H3,(H,17,20)(H,18,21). The largest absolute Gasteiger partial charge is 0.506 e. The number of hydrogen-bond donors (Lipinski definition) is 3. The summed E-state index contributed by atoms with van der Waals surface area (Å²) in [4.78, 5) is 23.5. The average Bonchev–Trinajstić information content (AvgIpc) is 2.49. The summed E-state index contributed by atoms with van der Waals surface area (Å²) in [7, 11) is 0. The van der Waals surface area contributed by atoms with Crippen LogP contribution in [0.25, 0.3) is 0 Å². The highest BCUT2D eigenvalue weighted by molar-refractivity contribution is 6.06. The number of aryl methyl sites for hydroxylation is 1. The zero-order chi connectivity index (χ0) is 15.7. The number of aromatic hydroxyl groups is 1. The van der Waals surface area contributed by atoms with Gasteiger partial charge in [0.25, 0.3) is 11.8 Å². The number of fused-ring (bicyclic) bond motifs is 1. The van der Waals surface area contributed by atoms with E-state index in [4.69, 9.17) is 4.74 Å². The predicted octanol–water partition coefficient (Wildman–Crippen LogP) is 2.28. The number of phenolic OH excluding ortho intramolecular Hbond substituents is 1. The van der Waals surface area contributed by atoms with Gasteiger partial charge in [0.1, 0.15) is 11.5 Å². The molecular weight excluding hydrogens is 284 g/mol. The van der Waals surface area contributed by atoms with Gasteiger partial charge in [-0.1, -0.05) is 6.07 Å². The van der Waals surface area contributed by atoms with Crippen molar-refractivity contribution in [3.05, 3.63) is 47.5 Å². The summed E-state index contributed by atoms with van der Waals surface area (Å²) in [6, 6.07) is 9.74. The lowest BCUT2D eigenvalue weighted by molar-refractivity contribution is -0.118. The monoisotopic (exact) mass is 298 g/mol. The van der Waals surface area contributed by atoms with Gasteiger partial charge in [-0.05, 0) is 42.8 Å². The van der Waals surface area contributed by atoms with Crippen LogP contribution in [-0.4, -0.2) is 23.5 Å². The third-order valence-electron chi connectivity index (χ3n) is 3.28. The van der Waals surface area contributed by atoms with Crippen molar-refractivity contribution in [2.75, 3.05) is 17.2 Å². The van der Waals surface area contributed by atoms with Crippen molar-refractivity contribution in [1.29, 1.82) is 0 Å². The molecule has 0 fully saturated rings. The molecule has 2 aromatic carbocycles. The lowest BCUT2D eigenvalue weighted by atomic mass is 10.1. The first kappa shape index (κ1) is 13.9. The Bertz CT molecular complexity index is 771. The van der Waals surface area contributed by atoms with E-state index in [1.807, 2.05) is 6.92 Å². The predicted molar refractivity (Wildman–Crippen MR) is 81.4 cm³/mol. The zero-order valence-electron chi connectivity index (χ0n) is 11.8. The minimum absolute atomic E-state index is 0.00273. The van der Waals surface area contributed by atoms with Crippen LogP contribution in [-0.2, 0) is 4.79 Å². The maximum atomic E-state index is 12.2. The second-order valence-corrected chi connectivity index (χ2v) is 5.02. The summed E-state index contributed by atoms with van der Waals surface area (Å²) in [6.07, 6.45) is 0. The minimum Gasteiger partial charge on any atom is -0.506 e. The lowest BCUT2D eigenvalue weighted by Crippen LogP contribution is -2.25. The van der Waals surface area contributed by atoms with Crippen LogP contribution in [0.2, 0.25) is 0 Å². The molecule has 0 aliphatic carbocycles. The van der Waals surface area contributed by atoms with E-state index in [1.54, 1.807) is 30.3 Å². The van der Waals surface area contributed by atoms with E-state index in [2.05, 4.69) is 10.6 Å². The van der Waals surface area contributed by atoms with Gasteiger partial charge in [-0.25, -0.2) is 0 Å². The van der Waals surface area contributed by atoms with Crippen LogP contribution < -0.4 is 15.4 Å². The Morgan fingerprint density at radius 1 is 1.27 bits per heavy atom. The van der Waals surface area contributed by atoms with Gasteiger partial charge in [-0.2, -0.15) is 0 Å². The van der Waals surface area contributed by atoms with Crippen molar-refractivity contribution < 1.29 is 19.4 Å². The molecule has 1 aliphatic rings. The maximum Gasteiger partial charge on any atom is 0.262 e. The third-order valence-corrected chi connectivity index (χ3v) is 3.28. The number of amides is 2. The molecule has 2 amide bonds. The summed E-state index contributed by atoms with van der Waals surface area (Å²) < 4.78 is 5.24. The number of carbonyl (C=O) groups excluding carboxylic acids is 2. The fraction of sp³-hybridized carbons (Fsp3) is 0.125. The molecule has 0 radical (unpaired) electrons. The number of benzene rings is 2. The van der Waals surface area contributed by atoms with E-state index in [1.165, 1.54) is 6.07 Å². The second-order valence-electron chi connectivity index (χ2n) is 5.02. The van der Waals surface area contributed by atoms with Crippen LogP contribution in [0.15, 0.2) is 36.4 Å². The number of nitrogens with one attached hydrogen (secondary N) is 2. The first-order chi connectivity index (χ1) is 10.5. The number of carbonyl (C=O) groups is 2. The van der Waals surface area contributed by atoms with E-state index in [0.29, 0.717) is 22.7 Å². The molecular formula is C16H14N2O4. The molecule has 1 heterocycles. The van der Waals surface area contributed by atoms with Gasteiger partial charge in [0.2, 0.25) is 0 Å². The van der Waals surface area contributed by atoms with Crippen molar-refractivity contribution >= 4 is 23.2 Å². The molecule has 6 heteroatoms. The molecule has 0 saturated carbocycles. The smallest absolute Gasteiger partial charge is 0.262 e. The maximum absolute atomic E-state index is 12.2. The molecule has 1 aliphatic heterocycles. The van der Waals surface area contributed by atoms with Gasteiger partial charge in [0, 0.05) is 5.56 Å². The van der Waals surface area contributed by atoms with Crippen molar-refractivity contribution in [2.45, 2.75) is 6.92 Å². The molecule has 0 saturated heterocycles. The Hall–Kier alpha value is -3.02. The van der Waals surface area contributed by atoms with Gasteiger partial charge in [0.15, 0.2) is 6.61 Å². The number of hydrogen-bond acceptors (Lipinski definition) is 4. The van der Waals surface area contributed by atoms with E-state index >= 15 is 0 Å². The van der Waals surface area contributed by atoms with Crippen LogP contribution in [0, 0.1) is 6.92 Å². The fourth-order valence-electron chi connectivity index (χ4n) is 2.17. The molecule has 0 unspecified atom stereocenters. The highest BCUT2D eigenvalue weighted by atomic mass is 16.5. The second kappa shape index (κ2) is 5.40. The number of rotatable bonds is 2. The van der Waals surface area contributed by atoms with Gasteiger partial charge in [0.05, 0.1) is 11.4 Å². The van der Waals surface area contributed by atoms with Gasteiger partial charge >= 0.3 is 0 Å². The summed E-state index contributed by atoms with van der Waals surface area (Å²) in [6.45, 7) is 1.81. The normalized spacial score (nSPS) is 12.9. The van der Waals surface area contributed by atoms with Gasteiger partial charge < -0.3 is 20.5 Å². The van der Waals surface area contributed by atoms with Crippen molar-refractivity contribution in [1.82, 2.24) is 0 Å².